The molecule has 1 heterocycles. The molecule has 0 bridgehead atoms. The van der Waals surface area contributed by atoms with Gasteiger partial charge in [0.2, 0.25) is 0 Å². The molecule has 1 unspecified atom stereocenters. The van der Waals surface area contributed by atoms with Gasteiger partial charge in [-0.2, -0.15) is 0 Å². The molecule has 0 saturated heterocycles. The zero-order chi connectivity index (χ0) is 10.8. The van der Waals surface area contributed by atoms with Crippen LogP contribution in [0.4, 0.5) is 0 Å². The number of terminal acetylenes is 1. The first kappa shape index (κ1) is 11.1. The Hall–Kier alpha value is -0.960. The number of aromatic nitrogens is 2. The van der Waals surface area contributed by atoms with E-state index in [-0.39, 0.29) is 11.5 Å². The summed E-state index contributed by atoms with van der Waals surface area (Å²) in [6.07, 6.45) is 5.35. The van der Waals surface area contributed by atoms with Crippen LogP contribution < -0.4 is 11.3 Å². The zero-order valence-corrected chi connectivity index (χ0v) is 9.35. The third-order valence-electron chi connectivity index (χ3n) is 1.82. The number of nitrogens with zero attached hydrogens (tertiary/aromatic N) is 2. The third kappa shape index (κ3) is 2.10. The van der Waals surface area contributed by atoms with Crippen molar-refractivity contribution in [1.29, 1.82) is 0 Å². The maximum atomic E-state index is 5.35. The Balaban J connectivity index is 3.11. The predicted molar refractivity (Wildman–Crippen MR) is 57.5 cm³/mol. The molecule has 0 aliphatic heterocycles. The van der Waals surface area contributed by atoms with Crippen LogP contribution in [0.5, 0.6) is 0 Å². The van der Waals surface area contributed by atoms with E-state index in [1.54, 1.807) is 0 Å². The smallest absolute Gasteiger partial charge is 0.119 e. The van der Waals surface area contributed by atoms with Crippen molar-refractivity contribution in [2.24, 2.45) is 5.84 Å². The van der Waals surface area contributed by atoms with E-state index in [1.807, 2.05) is 0 Å². The summed E-state index contributed by atoms with van der Waals surface area (Å²) in [5.74, 6) is 7.91. The minimum Gasteiger partial charge on any atom is -0.270 e. The van der Waals surface area contributed by atoms with Crippen LogP contribution >= 0.6 is 11.5 Å². The Morgan fingerprint density at radius 3 is 2.64 bits per heavy atom. The van der Waals surface area contributed by atoms with Gasteiger partial charge in [0.25, 0.3) is 0 Å². The fraction of sp³-hybridized carbons (Fsp3) is 0.556. The van der Waals surface area contributed by atoms with Crippen molar-refractivity contribution in [2.75, 3.05) is 0 Å². The van der Waals surface area contributed by atoms with E-state index in [1.165, 1.54) is 11.5 Å². The van der Waals surface area contributed by atoms with Crippen LogP contribution in [0.15, 0.2) is 0 Å². The molecule has 4 nitrogen and oxygen atoms in total. The van der Waals surface area contributed by atoms with Gasteiger partial charge >= 0.3 is 0 Å². The van der Waals surface area contributed by atoms with Gasteiger partial charge in [0.05, 0.1) is 10.6 Å². The lowest BCUT2D eigenvalue weighted by molar-refractivity contribution is 0.549. The molecule has 0 aromatic carbocycles. The van der Waals surface area contributed by atoms with E-state index >= 15 is 0 Å². The molecule has 1 aromatic heterocycles. The second-order valence-electron chi connectivity index (χ2n) is 4.00. The van der Waals surface area contributed by atoms with Gasteiger partial charge in [-0.05, 0) is 11.5 Å². The van der Waals surface area contributed by atoms with Crippen LogP contribution in [0.3, 0.4) is 0 Å². The number of rotatable bonds is 2. The summed E-state index contributed by atoms with van der Waals surface area (Å²) >= 11 is 1.29. The summed E-state index contributed by atoms with van der Waals surface area (Å²) < 4.78 is 3.91. The zero-order valence-electron chi connectivity index (χ0n) is 8.53. The summed E-state index contributed by atoms with van der Waals surface area (Å²) in [6, 6.07) is -0.302. The molecule has 76 valence electrons. The third-order valence-corrected chi connectivity index (χ3v) is 2.61. The topological polar surface area (TPSA) is 63.8 Å². The summed E-state index contributed by atoms with van der Waals surface area (Å²) in [5.41, 5.74) is 3.41. The van der Waals surface area contributed by atoms with Crippen LogP contribution in [0.25, 0.3) is 0 Å². The summed E-state index contributed by atoms with van der Waals surface area (Å²) in [6.45, 7) is 6.20. The molecule has 0 spiro atoms. The van der Waals surface area contributed by atoms with Gasteiger partial charge < -0.3 is 0 Å². The molecule has 0 amide bonds. The molecule has 0 fully saturated rings. The van der Waals surface area contributed by atoms with Crippen molar-refractivity contribution in [3.63, 3.8) is 0 Å². The molecule has 1 rings (SSSR count). The van der Waals surface area contributed by atoms with Gasteiger partial charge in [-0.3, -0.25) is 5.84 Å². The molecule has 14 heavy (non-hydrogen) atoms. The monoisotopic (exact) mass is 210 g/mol. The Kier molecular flexibility index (Phi) is 3.21. The van der Waals surface area contributed by atoms with Gasteiger partial charge in [0.15, 0.2) is 0 Å². The molecule has 0 aliphatic rings. The van der Waals surface area contributed by atoms with E-state index in [4.69, 9.17) is 12.3 Å². The predicted octanol–water partition coefficient (Wildman–Crippen LogP) is 0.973. The van der Waals surface area contributed by atoms with Gasteiger partial charge in [0, 0.05) is 5.41 Å². The molecule has 0 radical (unpaired) electrons. The molecule has 5 heteroatoms. The Bertz CT molecular complexity index is 344. The SMILES string of the molecule is C#CC(NN)c1snnc1C(C)(C)C. The van der Waals surface area contributed by atoms with E-state index in [0.717, 1.165) is 10.6 Å². The quantitative estimate of drug-likeness (QED) is 0.434. The average Bonchev–Trinajstić information content (AvgIpc) is 2.54. The summed E-state index contributed by atoms with van der Waals surface area (Å²) in [4.78, 5) is 0.919. The van der Waals surface area contributed by atoms with E-state index in [9.17, 15) is 0 Å². The normalized spacial score (nSPS) is 13.6. The van der Waals surface area contributed by atoms with Crippen molar-refractivity contribution in [2.45, 2.75) is 32.2 Å². The number of hydrogen-bond donors (Lipinski definition) is 2. The molecule has 0 saturated carbocycles. The Morgan fingerprint density at radius 1 is 1.57 bits per heavy atom. The lowest BCUT2D eigenvalue weighted by Crippen LogP contribution is -2.28. The van der Waals surface area contributed by atoms with E-state index < -0.39 is 0 Å². The standard InChI is InChI=1S/C9H14N4S/c1-5-6(11-10)7-8(9(2,3)4)12-13-14-7/h1,6,11H,10H2,2-4H3. The summed E-state index contributed by atoms with van der Waals surface area (Å²) in [7, 11) is 0. The van der Waals surface area contributed by atoms with Crippen molar-refractivity contribution in [3.05, 3.63) is 10.6 Å². The van der Waals surface area contributed by atoms with Crippen LogP contribution in [0.1, 0.15) is 37.4 Å². The maximum absolute atomic E-state index is 5.35. The van der Waals surface area contributed by atoms with Gasteiger partial charge in [-0.1, -0.05) is 31.2 Å². The Labute approximate surface area is 88.0 Å². The number of nitrogens with two attached hydrogens (primary N) is 1. The van der Waals surface area contributed by atoms with Crippen molar-refractivity contribution < 1.29 is 0 Å². The minimum atomic E-state index is -0.302. The Morgan fingerprint density at radius 2 is 2.21 bits per heavy atom. The second kappa shape index (κ2) is 4.05. The first-order valence-electron chi connectivity index (χ1n) is 4.25. The second-order valence-corrected chi connectivity index (χ2v) is 4.79. The largest absolute Gasteiger partial charge is 0.270 e. The maximum Gasteiger partial charge on any atom is 0.119 e. The lowest BCUT2D eigenvalue weighted by atomic mass is 9.90. The number of hydrogen-bond acceptors (Lipinski definition) is 5. The van der Waals surface area contributed by atoms with Crippen molar-refractivity contribution in [3.8, 4) is 12.3 Å². The molecular weight excluding hydrogens is 196 g/mol. The average molecular weight is 210 g/mol. The van der Waals surface area contributed by atoms with Crippen LogP contribution in [0.2, 0.25) is 0 Å². The van der Waals surface area contributed by atoms with Gasteiger partial charge in [0.1, 0.15) is 6.04 Å². The van der Waals surface area contributed by atoms with Crippen LogP contribution in [0, 0.1) is 12.3 Å². The molecular formula is C9H14N4S. The van der Waals surface area contributed by atoms with Gasteiger partial charge in [-0.25, -0.2) is 5.43 Å². The highest BCUT2D eigenvalue weighted by atomic mass is 32.1. The number of hydrazine groups is 1. The van der Waals surface area contributed by atoms with Crippen molar-refractivity contribution >= 4 is 11.5 Å². The lowest BCUT2D eigenvalue weighted by Gasteiger charge is -2.18. The van der Waals surface area contributed by atoms with Crippen LogP contribution in [-0.4, -0.2) is 9.59 Å². The first-order valence-corrected chi connectivity index (χ1v) is 5.03. The van der Waals surface area contributed by atoms with Crippen molar-refractivity contribution in [1.82, 2.24) is 15.0 Å². The highest BCUT2D eigenvalue weighted by Crippen LogP contribution is 2.29. The van der Waals surface area contributed by atoms with E-state index in [2.05, 4.69) is 41.7 Å². The fourth-order valence-electron chi connectivity index (χ4n) is 1.11. The van der Waals surface area contributed by atoms with Gasteiger partial charge in [-0.15, -0.1) is 11.5 Å². The molecule has 3 N–H and O–H groups in total. The highest BCUT2D eigenvalue weighted by molar-refractivity contribution is 7.05. The molecule has 1 aromatic rings. The van der Waals surface area contributed by atoms with E-state index in [0.29, 0.717) is 0 Å². The first-order chi connectivity index (χ1) is 6.50. The van der Waals surface area contributed by atoms with Crippen LogP contribution in [-0.2, 0) is 5.41 Å². The minimum absolute atomic E-state index is 0.0612. The number of nitrogens with one attached hydrogen (secondary N) is 1. The molecule has 0 aliphatic carbocycles. The highest BCUT2D eigenvalue weighted by Gasteiger charge is 2.25. The fourth-order valence-corrected chi connectivity index (χ4v) is 1.99. The molecule has 1 atom stereocenters. The summed E-state index contributed by atoms with van der Waals surface area (Å²) in [5, 5.41) is 4.08.